The Kier molecular flexibility index (Phi) is 9.43. The second-order valence-corrected chi connectivity index (χ2v) is 8.82. The van der Waals surface area contributed by atoms with Crippen molar-refractivity contribution in [3.63, 3.8) is 0 Å². The first kappa shape index (κ1) is 22.9. The van der Waals surface area contributed by atoms with Crippen molar-refractivity contribution >= 4 is 40.7 Å². The van der Waals surface area contributed by atoms with Gasteiger partial charge in [-0.2, -0.15) is 5.10 Å². The number of halogens is 1. The third-order valence-electron chi connectivity index (χ3n) is 4.95. The molecule has 3 atom stereocenters. The van der Waals surface area contributed by atoms with Crippen molar-refractivity contribution in [1.82, 2.24) is 20.4 Å². The summed E-state index contributed by atoms with van der Waals surface area (Å²) in [5.41, 5.74) is 2.00. The van der Waals surface area contributed by atoms with E-state index in [1.807, 2.05) is 54.2 Å². The molecule has 0 saturated heterocycles. The summed E-state index contributed by atoms with van der Waals surface area (Å²) in [4.78, 5) is 4.34. The number of benzene rings is 1. The summed E-state index contributed by atoms with van der Waals surface area (Å²) >= 11 is 0. The molecule has 0 radical (unpaired) electrons. The fourth-order valence-electron chi connectivity index (χ4n) is 3.49. The van der Waals surface area contributed by atoms with Crippen LogP contribution in [0.4, 0.5) is 0 Å². The molecule has 0 bridgehead atoms. The summed E-state index contributed by atoms with van der Waals surface area (Å²) in [6.07, 6.45) is 6.20. The third kappa shape index (κ3) is 6.30. The Balaban J connectivity index is 0.00000280. The maximum absolute atomic E-state index is 12.1. The number of nitrogens with zero attached hydrogens (tertiary/aromatic N) is 3. The van der Waals surface area contributed by atoms with Gasteiger partial charge in [-0.3, -0.25) is 9.20 Å². The van der Waals surface area contributed by atoms with Gasteiger partial charge in [0.25, 0.3) is 0 Å². The lowest BCUT2D eigenvalue weighted by atomic mass is 9.95. The Bertz CT molecular complexity index is 780. The van der Waals surface area contributed by atoms with Gasteiger partial charge < -0.3 is 10.6 Å². The standard InChI is InChI=1S/C20H29N5OS.HI/c1-3-27(26)19-11-7-8-16(14-19)23-20(21-2)22-15-17-12-13-25(24-17)18-9-5-4-6-10-18;/h4-6,9-10,12-13,16,19H,3,7-8,11,14-15H2,1-2H3,(H2,21,22,23);1H. The van der Waals surface area contributed by atoms with Crippen molar-refractivity contribution < 1.29 is 4.21 Å². The minimum atomic E-state index is -0.713. The van der Waals surface area contributed by atoms with Gasteiger partial charge in [-0.05, 0) is 37.5 Å². The van der Waals surface area contributed by atoms with E-state index < -0.39 is 10.8 Å². The molecular weight excluding hydrogens is 485 g/mol. The zero-order valence-electron chi connectivity index (χ0n) is 16.5. The predicted molar refractivity (Wildman–Crippen MR) is 127 cm³/mol. The van der Waals surface area contributed by atoms with Gasteiger partial charge in [0, 0.05) is 41.1 Å². The SMILES string of the molecule is CCS(=O)C1CCCC(NC(=NC)NCc2ccn(-c3ccccc3)n2)C1.I. The lowest BCUT2D eigenvalue weighted by Gasteiger charge is -2.30. The van der Waals surface area contributed by atoms with Gasteiger partial charge in [0.1, 0.15) is 0 Å². The lowest BCUT2D eigenvalue weighted by molar-refractivity contribution is 0.413. The molecule has 0 aliphatic heterocycles. The number of para-hydroxylation sites is 1. The minimum Gasteiger partial charge on any atom is -0.354 e. The highest BCUT2D eigenvalue weighted by atomic mass is 127. The fourth-order valence-corrected chi connectivity index (χ4v) is 4.84. The molecule has 1 aliphatic carbocycles. The van der Waals surface area contributed by atoms with Gasteiger partial charge >= 0.3 is 0 Å². The van der Waals surface area contributed by atoms with Crippen LogP contribution in [0.15, 0.2) is 47.6 Å². The second kappa shape index (κ2) is 11.5. The molecule has 1 heterocycles. The van der Waals surface area contributed by atoms with Crippen LogP contribution < -0.4 is 10.6 Å². The summed E-state index contributed by atoms with van der Waals surface area (Å²) in [7, 11) is 1.07. The van der Waals surface area contributed by atoms with Crippen LogP contribution in [0.3, 0.4) is 0 Å². The second-order valence-electron chi connectivity index (χ2n) is 6.81. The summed E-state index contributed by atoms with van der Waals surface area (Å²) in [5.74, 6) is 1.52. The summed E-state index contributed by atoms with van der Waals surface area (Å²) in [6, 6.07) is 12.4. The maximum Gasteiger partial charge on any atom is 0.191 e. The van der Waals surface area contributed by atoms with Gasteiger partial charge in [0.15, 0.2) is 5.96 Å². The smallest absolute Gasteiger partial charge is 0.191 e. The molecule has 1 aliphatic rings. The molecule has 8 heteroatoms. The lowest BCUT2D eigenvalue weighted by Crippen LogP contribution is -2.46. The van der Waals surface area contributed by atoms with Gasteiger partial charge in [-0.15, -0.1) is 24.0 Å². The Morgan fingerprint density at radius 2 is 2.07 bits per heavy atom. The van der Waals surface area contributed by atoms with E-state index in [1.54, 1.807) is 7.05 Å². The van der Waals surface area contributed by atoms with E-state index in [2.05, 4.69) is 20.7 Å². The van der Waals surface area contributed by atoms with Crippen molar-refractivity contribution in [2.45, 2.75) is 50.4 Å². The molecule has 3 unspecified atom stereocenters. The van der Waals surface area contributed by atoms with Crippen LogP contribution in [-0.2, 0) is 17.3 Å². The van der Waals surface area contributed by atoms with E-state index in [0.29, 0.717) is 17.8 Å². The van der Waals surface area contributed by atoms with Crippen LogP contribution in [0.2, 0.25) is 0 Å². The molecule has 1 aromatic heterocycles. The molecule has 0 spiro atoms. The highest BCUT2D eigenvalue weighted by Crippen LogP contribution is 2.23. The van der Waals surface area contributed by atoms with E-state index in [0.717, 1.165) is 48.8 Å². The van der Waals surface area contributed by atoms with Crippen LogP contribution in [0, 0.1) is 0 Å². The maximum atomic E-state index is 12.1. The Morgan fingerprint density at radius 1 is 1.29 bits per heavy atom. The third-order valence-corrected chi connectivity index (χ3v) is 6.69. The highest BCUT2D eigenvalue weighted by molar-refractivity contribution is 14.0. The van der Waals surface area contributed by atoms with E-state index in [9.17, 15) is 4.21 Å². The number of rotatable bonds is 6. The molecule has 1 fully saturated rings. The van der Waals surface area contributed by atoms with Gasteiger partial charge in [0.2, 0.25) is 0 Å². The van der Waals surface area contributed by atoms with Crippen molar-refractivity contribution in [3.05, 3.63) is 48.3 Å². The number of hydrogen-bond donors (Lipinski definition) is 2. The quantitative estimate of drug-likeness (QED) is 0.352. The molecule has 1 aromatic carbocycles. The Hall–Kier alpha value is -1.42. The number of hydrogen-bond acceptors (Lipinski definition) is 3. The number of nitrogens with one attached hydrogen (secondary N) is 2. The summed E-state index contributed by atoms with van der Waals surface area (Å²) < 4.78 is 14.0. The van der Waals surface area contributed by atoms with Crippen LogP contribution >= 0.6 is 24.0 Å². The largest absolute Gasteiger partial charge is 0.354 e. The van der Waals surface area contributed by atoms with E-state index in [1.165, 1.54) is 0 Å². The van der Waals surface area contributed by atoms with Crippen LogP contribution in [0.5, 0.6) is 0 Å². The fraction of sp³-hybridized carbons (Fsp3) is 0.500. The molecule has 154 valence electrons. The Labute approximate surface area is 187 Å². The summed E-state index contributed by atoms with van der Waals surface area (Å²) in [6.45, 7) is 2.61. The van der Waals surface area contributed by atoms with Gasteiger partial charge in [-0.1, -0.05) is 31.5 Å². The molecule has 2 N–H and O–H groups in total. The molecule has 3 rings (SSSR count). The van der Waals surface area contributed by atoms with Crippen molar-refractivity contribution in [2.75, 3.05) is 12.8 Å². The molecular formula is C20H30IN5OS. The van der Waals surface area contributed by atoms with E-state index in [-0.39, 0.29) is 24.0 Å². The molecule has 1 saturated carbocycles. The van der Waals surface area contributed by atoms with Gasteiger partial charge in [-0.25, -0.2) is 4.68 Å². The monoisotopic (exact) mass is 515 g/mol. The van der Waals surface area contributed by atoms with Crippen LogP contribution in [-0.4, -0.2) is 44.0 Å². The van der Waals surface area contributed by atoms with Gasteiger partial charge in [0.05, 0.1) is 17.9 Å². The normalized spacial score (nSPS) is 20.9. The first-order valence-corrected chi connectivity index (χ1v) is 11.0. The molecule has 2 aromatic rings. The first-order chi connectivity index (χ1) is 13.2. The molecule has 28 heavy (non-hydrogen) atoms. The Morgan fingerprint density at radius 3 is 2.79 bits per heavy atom. The zero-order chi connectivity index (χ0) is 19.1. The van der Waals surface area contributed by atoms with Crippen LogP contribution in [0.1, 0.15) is 38.3 Å². The molecule has 6 nitrogen and oxygen atoms in total. The predicted octanol–water partition coefficient (Wildman–Crippen LogP) is 3.24. The number of guanidine groups is 1. The van der Waals surface area contributed by atoms with Crippen LogP contribution in [0.25, 0.3) is 5.69 Å². The zero-order valence-corrected chi connectivity index (χ0v) is 19.7. The number of aromatic nitrogens is 2. The number of aliphatic imine (C=N–C) groups is 1. The van der Waals surface area contributed by atoms with Crippen molar-refractivity contribution in [1.29, 1.82) is 0 Å². The summed E-state index contributed by atoms with van der Waals surface area (Å²) in [5, 5.41) is 11.8. The average molecular weight is 515 g/mol. The average Bonchev–Trinajstić information content (AvgIpc) is 3.20. The minimum absolute atomic E-state index is 0. The topological polar surface area (TPSA) is 71.3 Å². The molecule has 0 amide bonds. The van der Waals surface area contributed by atoms with Crippen molar-refractivity contribution in [3.8, 4) is 5.69 Å². The van der Waals surface area contributed by atoms with Crippen molar-refractivity contribution in [2.24, 2.45) is 4.99 Å². The first-order valence-electron chi connectivity index (χ1n) is 9.64. The van der Waals surface area contributed by atoms with E-state index >= 15 is 0 Å². The highest BCUT2D eigenvalue weighted by Gasteiger charge is 2.26. The van der Waals surface area contributed by atoms with E-state index in [4.69, 9.17) is 0 Å².